The first-order valence-corrected chi connectivity index (χ1v) is 8.27. The molecule has 0 atom stereocenters. The molecule has 0 radical (unpaired) electrons. The number of hydrogen-bond donors (Lipinski definition) is 1. The molecule has 0 heterocycles. The molecular formula is C15H15FN2O4S. The Hall–Kier alpha value is -2.32. The number of halogens is 1. The minimum atomic E-state index is -3.79. The van der Waals surface area contributed by atoms with Crippen LogP contribution in [0.25, 0.3) is 0 Å². The van der Waals surface area contributed by atoms with Crippen molar-refractivity contribution >= 4 is 15.7 Å². The Morgan fingerprint density at radius 3 is 2.39 bits per heavy atom. The van der Waals surface area contributed by atoms with E-state index < -0.39 is 20.8 Å². The summed E-state index contributed by atoms with van der Waals surface area (Å²) in [5.74, 6) is -0.580. The zero-order chi connectivity index (χ0) is 17.0. The fourth-order valence-corrected chi connectivity index (χ4v) is 2.98. The maximum Gasteiger partial charge on any atom is 0.269 e. The molecule has 2 aromatic carbocycles. The van der Waals surface area contributed by atoms with Crippen LogP contribution in [0.4, 0.5) is 10.1 Å². The van der Waals surface area contributed by atoms with Crippen LogP contribution in [0.5, 0.6) is 0 Å². The number of nitro groups is 1. The quantitative estimate of drug-likeness (QED) is 0.647. The zero-order valence-electron chi connectivity index (χ0n) is 12.3. The number of sulfonamides is 1. The van der Waals surface area contributed by atoms with E-state index in [9.17, 15) is 22.9 Å². The average molecular weight is 338 g/mol. The second-order valence-electron chi connectivity index (χ2n) is 4.98. The first-order chi connectivity index (χ1) is 10.8. The van der Waals surface area contributed by atoms with Gasteiger partial charge in [-0.1, -0.05) is 18.2 Å². The van der Waals surface area contributed by atoms with Crippen molar-refractivity contribution < 1.29 is 17.7 Å². The highest BCUT2D eigenvalue weighted by Crippen LogP contribution is 2.15. The van der Waals surface area contributed by atoms with E-state index in [-0.39, 0.29) is 17.1 Å². The maximum absolute atomic E-state index is 13.5. The van der Waals surface area contributed by atoms with Crippen molar-refractivity contribution in [2.24, 2.45) is 0 Å². The second-order valence-corrected chi connectivity index (χ2v) is 6.75. The molecule has 0 unspecified atom stereocenters. The SMILES string of the molecule is Cc1ccc(S(=O)(=O)NCCc2ccc([N+](=O)[O-])cc2)cc1F. The van der Waals surface area contributed by atoms with Gasteiger partial charge in [-0.2, -0.15) is 0 Å². The Balaban J connectivity index is 1.99. The molecule has 8 heteroatoms. The van der Waals surface area contributed by atoms with E-state index in [4.69, 9.17) is 0 Å². The Morgan fingerprint density at radius 2 is 1.83 bits per heavy atom. The fraction of sp³-hybridized carbons (Fsp3) is 0.200. The molecule has 0 aromatic heterocycles. The van der Waals surface area contributed by atoms with E-state index in [2.05, 4.69) is 4.72 Å². The van der Waals surface area contributed by atoms with Gasteiger partial charge in [0.2, 0.25) is 10.0 Å². The third-order valence-electron chi connectivity index (χ3n) is 3.31. The fourth-order valence-electron chi connectivity index (χ4n) is 1.94. The van der Waals surface area contributed by atoms with Crippen LogP contribution in [0.15, 0.2) is 47.4 Å². The van der Waals surface area contributed by atoms with Crippen molar-refractivity contribution in [3.63, 3.8) is 0 Å². The predicted molar refractivity (Wildman–Crippen MR) is 83.1 cm³/mol. The van der Waals surface area contributed by atoms with E-state index in [1.807, 2.05) is 0 Å². The molecule has 122 valence electrons. The van der Waals surface area contributed by atoms with Crippen LogP contribution in [0, 0.1) is 22.9 Å². The van der Waals surface area contributed by atoms with Gasteiger partial charge >= 0.3 is 0 Å². The highest BCUT2D eigenvalue weighted by Gasteiger charge is 2.15. The van der Waals surface area contributed by atoms with Crippen molar-refractivity contribution in [1.82, 2.24) is 4.72 Å². The molecule has 2 rings (SSSR count). The zero-order valence-corrected chi connectivity index (χ0v) is 13.1. The summed E-state index contributed by atoms with van der Waals surface area (Å²) in [5, 5.41) is 10.5. The summed E-state index contributed by atoms with van der Waals surface area (Å²) in [7, 11) is -3.79. The smallest absolute Gasteiger partial charge is 0.258 e. The molecule has 0 saturated carbocycles. The molecule has 0 aliphatic rings. The summed E-state index contributed by atoms with van der Waals surface area (Å²) < 4.78 is 40.0. The number of nitrogens with one attached hydrogen (secondary N) is 1. The first-order valence-electron chi connectivity index (χ1n) is 6.79. The first kappa shape index (κ1) is 17.0. The molecule has 0 spiro atoms. The minimum absolute atomic E-state index is 0.0236. The van der Waals surface area contributed by atoms with Crippen molar-refractivity contribution in [3.05, 3.63) is 69.5 Å². The van der Waals surface area contributed by atoms with Crippen molar-refractivity contribution in [3.8, 4) is 0 Å². The van der Waals surface area contributed by atoms with Crippen LogP contribution >= 0.6 is 0 Å². The largest absolute Gasteiger partial charge is 0.269 e. The van der Waals surface area contributed by atoms with Gasteiger partial charge in [-0.05, 0) is 36.6 Å². The van der Waals surface area contributed by atoms with Gasteiger partial charge < -0.3 is 0 Å². The lowest BCUT2D eigenvalue weighted by atomic mass is 10.1. The van der Waals surface area contributed by atoms with Crippen LogP contribution < -0.4 is 4.72 Å². The molecule has 1 N–H and O–H groups in total. The van der Waals surface area contributed by atoms with E-state index in [0.717, 1.165) is 11.6 Å². The van der Waals surface area contributed by atoms with Crippen LogP contribution in [-0.4, -0.2) is 19.9 Å². The molecule has 23 heavy (non-hydrogen) atoms. The number of benzene rings is 2. The predicted octanol–water partition coefficient (Wildman–Crippen LogP) is 2.56. The molecule has 0 fully saturated rings. The number of nitrogens with zero attached hydrogens (tertiary/aromatic N) is 1. The maximum atomic E-state index is 13.5. The lowest BCUT2D eigenvalue weighted by molar-refractivity contribution is -0.384. The van der Waals surface area contributed by atoms with Crippen molar-refractivity contribution in [2.75, 3.05) is 6.54 Å². The Kier molecular flexibility index (Phi) is 5.07. The van der Waals surface area contributed by atoms with Crippen LogP contribution in [0.2, 0.25) is 0 Å². The van der Waals surface area contributed by atoms with Crippen molar-refractivity contribution in [1.29, 1.82) is 0 Å². The van der Waals surface area contributed by atoms with Gasteiger partial charge in [-0.3, -0.25) is 10.1 Å². The molecule has 0 amide bonds. The van der Waals surface area contributed by atoms with Crippen molar-refractivity contribution in [2.45, 2.75) is 18.2 Å². The Morgan fingerprint density at radius 1 is 1.17 bits per heavy atom. The number of rotatable bonds is 6. The topological polar surface area (TPSA) is 89.3 Å². The van der Waals surface area contributed by atoms with E-state index >= 15 is 0 Å². The van der Waals surface area contributed by atoms with Gasteiger partial charge in [0.25, 0.3) is 5.69 Å². The van der Waals surface area contributed by atoms with Crippen LogP contribution in [0.3, 0.4) is 0 Å². The van der Waals surface area contributed by atoms with Gasteiger partial charge in [0, 0.05) is 18.7 Å². The molecule has 6 nitrogen and oxygen atoms in total. The normalized spacial score (nSPS) is 11.4. The summed E-state index contributed by atoms with van der Waals surface area (Å²) in [5.41, 5.74) is 1.10. The number of non-ortho nitro benzene ring substituents is 1. The Bertz CT molecular complexity index is 820. The van der Waals surface area contributed by atoms with Gasteiger partial charge in [0.05, 0.1) is 9.82 Å². The summed E-state index contributed by atoms with van der Waals surface area (Å²) in [6.07, 6.45) is 0.367. The number of nitro benzene ring substituents is 1. The highest BCUT2D eigenvalue weighted by molar-refractivity contribution is 7.89. The Labute approximate surface area is 133 Å². The van der Waals surface area contributed by atoms with E-state index in [0.29, 0.717) is 12.0 Å². The van der Waals surface area contributed by atoms with Crippen LogP contribution in [0.1, 0.15) is 11.1 Å². The summed E-state index contributed by atoms with van der Waals surface area (Å²) in [4.78, 5) is 9.91. The van der Waals surface area contributed by atoms with Gasteiger partial charge in [0.1, 0.15) is 5.82 Å². The average Bonchev–Trinajstić information content (AvgIpc) is 2.50. The standard InChI is InChI=1S/C15H15FN2O4S/c1-11-2-7-14(10-15(11)16)23(21,22)17-9-8-12-3-5-13(6-4-12)18(19)20/h2-7,10,17H,8-9H2,1H3. The minimum Gasteiger partial charge on any atom is -0.258 e. The monoisotopic (exact) mass is 338 g/mol. The third kappa shape index (κ3) is 4.33. The number of hydrogen-bond acceptors (Lipinski definition) is 4. The van der Waals surface area contributed by atoms with E-state index in [1.54, 1.807) is 19.1 Å². The van der Waals surface area contributed by atoms with Gasteiger partial charge in [-0.25, -0.2) is 17.5 Å². The number of aryl methyl sites for hydroxylation is 1. The van der Waals surface area contributed by atoms with Crippen LogP contribution in [-0.2, 0) is 16.4 Å². The molecule has 0 aliphatic carbocycles. The molecule has 0 aliphatic heterocycles. The summed E-state index contributed by atoms with van der Waals surface area (Å²) in [6, 6.07) is 9.57. The molecule has 0 bridgehead atoms. The van der Waals surface area contributed by atoms with E-state index in [1.165, 1.54) is 24.3 Å². The lowest BCUT2D eigenvalue weighted by Gasteiger charge is -2.08. The molecule has 2 aromatic rings. The molecular weight excluding hydrogens is 323 g/mol. The third-order valence-corrected chi connectivity index (χ3v) is 4.77. The van der Waals surface area contributed by atoms with Gasteiger partial charge in [0.15, 0.2) is 0 Å². The molecule has 0 saturated heterocycles. The van der Waals surface area contributed by atoms with Gasteiger partial charge in [-0.15, -0.1) is 0 Å². The highest BCUT2D eigenvalue weighted by atomic mass is 32.2. The second kappa shape index (κ2) is 6.84. The summed E-state index contributed by atoms with van der Waals surface area (Å²) in [6.45, 7) is 1.66. The summed E-state index contributed by atoms with van der Waals surface area (Å²) >= 11 is 0. The lowest BCUT2D eigenvalue weighted by Crippen LogP contribution is -2.26.